The first-order valence-corrected chi connectivity index (χ1v) is 13.1. The Morgan fingerprint density at radius 3 is 1.94 bits per heavy atom. The summed E-state index contributed by atoms with van der Waals surface area (Å²) in [5.41, 5.74) is 6.72. The second kappa shape index (κ2) is 8.29. The minimum atomic E-state index is -3.88. The van der Waals surface area contributed by atoms with Crippen molar-refractivity contribution in [3.05, 3.63) is 47.3 Å². The van der Waals surface area contributed by atoms with E-state index in [-0.39, 0.29) is 47.1 Å². The van der Waals surface area contributed by atoms with Crippen LogP contribution in [0.5, 0.6) is 0 Å². The van der Waals surface area contributed by atoms with Crippen molar-refractivity contribution in [2.45, 2.75) is 42.9 Å². The van der Waals surface area contributed by atoms with Crippen molar-refractivity contribution in [2.24, 2.45) is 12.8 Å². The van der Waals surface area contributed by atoms with E-state index in [9.17, 15) is 21.6 Å². The molecule has 1 aliphatic heterocycles. The lowest BCUT2D eigenvalue weighted by atomic mass is 9.87. The van der Waals surface area contributed by atoms with Gasteiger partial charge >= 0.3 is 0 Å². The summed E-state index contributed by atoms with van der Waals surface area (Å²) in [5.74, 6) is -0.724. The minimum absolute atomic E-state index is 0.0143. The van der Waals surface area contributed by atoms with Crippen LogP contribution in [0.25, 0.3) is 0 Å². The van der Waals surface area contributed by atoms with Crippen LogP contribution in [-0.4, -0.2) is 62.1 Å². The van der Waals surface area contributed by atoms with Crippen LogP contribution in [0.15, 0.2) is 40.3 Å². The molecule has 1 aromatic carbocycles. The standard InChI is InChI=1S/C21H30N4O5S2/c1-15-6-7-16(21(2,3)4)12-19(15)32(29,30)25-10-8-24(9-11-25)31(27,28)17-13-18(20(22)26)23(5)14-17/h6-7,12-14H,8-11H2,1-5H3,(H2,22,26). The zero-order valence-corrected chi connectivity index (χ0v) is 20.6. The maximum Gasteiger partial charge on any atom is 0.265 e. The third kappa shape index (κ3) is 4.47. The Morgan fingerprint density at radius 2 is 1.47 bits per heavy atom. The van der Waals surface area contributed by atoms with Gasteiger partial charge in [0, 0.05) is 39.4 Å². The molecule has 176 valence electrons. The van der Waals surface area contributed by atoms with E-state index in [1.807, 2.05) is 26.8 Å². The summed E-state index contributed by atoms with van der Waals surface area (Å²) in [5, 5.41) is 0. The summed E-state index contributed by atoms with van der Waals surface area (Å²) in [7, 11) is -6.12. The quantitative estimate of drug-likeness (QED) is 0.691. The third-order valence-corrected chi connectivity index (χ3v) is 9.64. The molecule has 9 nitrogen and oxygen atoms in total. The first kappa shape index (κ1) is 24.4. The highest BCUT2D eigenvalue weighted by atomic mass is 32.2. The van der Waals surface area contributed by atoms with Gasteiger partial charge in [0.1, 0.15) is 10.6 Å². The maximum atomic E-state index is 13.3. The number of sulfonamides is 2. The van der Waals surface area contributed by atoms with Crippen LogP contribution in [-0.2, 0) is 32.5 Å². The first-order chi connectivity index (χ1) is 14.7. The number of nitrogens with two attached hydrogens (primary N) is 1. The van der Waals surface area contributed by atoms with Gasteiger partial charge in [0.2, 0.25) is 20.0 Å². The Kier molecular flexibility index (Phi) is 6.33. The van der Waals surface area contributed by atoms with Gasteiger partial charge in [0.25, 0.3) is 5.91 Å². The van der Waals surface area contributed by atoms with Gasteiger partial charge in [-0.25, -0.2) is 16.8 Å². The van der Waals surface area contributed by atoms with Crippen molar-refractivity contribution in [3.63, 3.8) is 0 Å². The van der Waals surface area contributed by atoms with Gasteiger partial charge in [-0.05, 0) is 35.6 Å². The average molecular weight is 483 g/mol. The van der Waals surface area contributed by atoms with E-state index in [0.29, 0.717) is 5.56 Å². The average Bonchev–Trinajstić information content (AvgIpc) is 3.10. The lowest BCUT2D eigenvalue weighted by Gasteiger charge is -2.33. The number of rotatable bonds is 5. The summed E-state index contributed by atoms with van der Waals surface area (Å²) in [6, 6.07) is 6.68. The Morgan fingerprint density at radius 1 is 0.938 bits per heavy atom. The van der Waals surface area contributed by atoms with Crippen molar-refractivity contribution >= 4 is 26.0 Å². The Bertz CT molecular complexity index is 1250. The number of aryl methyl sites for hydroxylation is 2. The number of aromatic nitrogens is 1. The van der Waals surface area contributed by atoms with Crippen LogP contribution in [0.4, 0.5) is 0 Å². The smallest absolute Gasteiger partial charge is 0.265 e. The van der Waals surface area contributed by atoms with E-state index >= 15 is 0 Å². The number of piperazine rings is 1. The number of carbonyl (C=O) groups excluding carboxylic acids is 1. The molecule has 0 spiro atoms. The molecule has 3 rings (SSSR count). The largest absolute Gasteiger partial charge is 0.364 e. The molecule has 1 aromatic heterocycles. The van der Waals surface area contributed by atoms with Gasteiger partial charge < -0.3 is 10.3 Å². The van der Waals surface area contributed by atoms with Crippen LogP contribution in [0.2, 0.25) is 0 Å². The normalized spacial score (nSPS) is 16.9. The van der Waals surface area contributed by atoms with Gasteiger partial charge in [-0.15, -0.1) is 0 Å². The van der Waals surface area contributed by atoms with Crippen molar-refractivity contribution in [3.8, 4) is 0 Å². The molecule has 32 heavy (non-hydrogen) atoms. The molecular formula is C21H30N4O5S2. The maximum absolute atomic E-state index is 13.3. The SMILES string of the molecule is Cc1ccc(C(C)(C)C)cc1S(=O)(=O)N1CCN(S(=O)(=O)c2cc(C(N)=O)n(C)c2)CC1. The zero-order valence-electron chi connectivity index (χ0n) is 19.0. The van der Waals surface area contributed by atoms with Gasteiger partial charge in [-0.2, -0.15) is 8.61 Å². The molecule has 0 bridgehead atoms. The highest BCUT2D eigenvalue weighted by molar-refractivity contribution is 7.89. The lowest BCUT2D eigenvalue weighted by molar-refractivity contribution is 0.0992. The molecule has 0 radical (unpaired) electrons. The molecule has 2 N–H and O–H groups in total. The third-order valence-electron chi connectivity index (χ3n) is 5.74. The highest BCUT2D eigenvalue weighted by Gasteiger charge is 2.35. The Hall–Kier alpha value is -2.21. The van der Waals surface area contributed by atoms with E-state index in [1.54, 1.807) is 19.1 Å². The summed E-state index contributed by atoms with van der Waals surface area (Å²) in [4.78, 5) is 11.7. The van der Waals surface area contributed by atoms with Crippen LogP contribution in [0, 0.1) is 6.92 Å². The van der Waals surface area contributed by atoms with Gasteiger partial charge in [-0.3, -0.25) is 4.79 Å². The van der Waals surface area contributed by atoms with Gasteiger partial charge in [-0.1, -0.05) is 32.9 Å². The molecule has 1 aliphatic rings. The number of amides is 1. The Balaban J connectivity index is 1.82. The van der Waals surface area contributed by atoms with Crippen LogP contribution < -0.4 is 5.73 Å². The molecule has 1 saturated heterocycles. The van der Waals surface area contributed by atoms with E-state index in [1.165, 1.54) is 32.5 Å². The number of hydrogen-bond donors (Lipinski definition) is 1. The predicted octanol–water partition coefficient (Wildman–Crippen LogP) is 1.43. The molecule has 0 saturated carbocycles. The summed E-state index contributed by atoms with van der Waals surface area (Å²) in [6.07, 6.45) is 1.33. The highest BCUT2D eigenvalue weighted by Crippen LogP contribution is 2.29. The van der Waals surface area contributed by atoms with Crippen LogP contribution >= 0.6 is 0 Å². The van der Waals surface area contributed by atoms with Crippen LogP contribution in [0.1, 0.15) is 42.4 Å². The summed E-state index contributed by atoms with van der Waals surface area (Å²) in [6.45, 7) is 7.92. The molecule has 1 fully saturated rings. The summed E-state index contributed by atoms with van der Waals surface area (Å²) >= 11 is 0. The summed E-state index contributed by atoms with van der Waals surface area (Å²) < 4.78 is 56.6. The number of benzene rings is 1. The van der Waals surface area contributed by atoms with Gasteiger partial charge in [0.15, 0.2) is 0 Å². The molecule has 0 atom stereocenters. The number of carbonyl (C=O) groups is 1. The molecule has 2 heterocycles. The fourth-order valence-electron chi connectivity index (χ4n) is 3.70. The lowest BCUT2D eigenvalue weighted by Crippen LogP contribution is -2.50. The predicted molar refractivity (Wildman–Crippen MR) is 121 cm³/mol. The number of hydrogen-bond acceptors (Lipinski definition) is 5. The molecule has 1 amide bonds. The topological polar surface area (TPSA) is 123 Å². The molecular weight excluding hydrogens is 452 g/mol. The van der Waals surface area contributed by atoms with Crippen molar-refractivity contribution in [2.75, 3.05) is 26.2 Å². The molecule has 2 aromatic rings. The molecule has 0 aliphatic carbocycles. The first-order valence-electron chi connectivity index (χ1n) is 10.2. The van der Waals surface area contributed by atoms with Gasteiger partial charge in [0.05, 0.1) is 4.90 Å². The molecule has 11 heteroatoms. The Labute approximate surface area is 189 Å². The number of primary amides is 1. The van der Waals surface area contributed by atoms with Crippen molar-refractivity contribution < 1.29 is 21.6 Å². The fraction of sp³-hybridized carbons (Fsp3) is 0.476. The second-order valence-electron chi connectivity index (χ2n) is 9.07. The van der Waals surface area contributed by atoms with E-state index in [4.69, 9.17) is 5.73 Å². The van der Waals surface area contributed by atoms with Crippen molar-refractivity contribution in [1.29, 1.82) is 0 Å². The van der Waals surface area contributed by atoms with Crippen LogP contribution in [0.3, 0.4) is 0 Å². The van der Waals surface area contributed by atoms with E-state index in [2.05, 4.69) is 0 Å². The zero-order chi connectivity index (χ0) is 24.1. The number of nitrogens with zero attached hydrogens (tertiary/aromatic N) is 3. The van der Waals surface area contributed by atoms with E-state index < -0.39 is 26.0 Å². The second-order valence-corrected chi connectivity index (χ2v) is 12.9. The fourth-order valence-corrected chi connectivity index (χ4v) is 6.87. The molecule has 0 unspecified atom stereocenters. The monoisotopic (exact) mass is 482 g/mol. The minimum Gasteiger partial charge on any atom is -0.364 e. The van der Waals surface area contributed by atoms with Crippen molar-refractivity contribution in [1.82, 2.24) is 13.2 Å². The van der Waals surface area contributed by atoms with E-state index in [0.717, 1.165) is 5.56 Å².